The van der Waals surface area contributed by atoms with Gasteiger partial charge in [-0.15, -0.1) is 0 Å². The minimum atomic E-state index is -0.0777. The van der Waals surface area contributed by atoms with Gasteiger partial charge in [-0.1, -0.05) is 18.6 Å². The molecule has 3 heteroatoms. The van der Waals surface area contributed by atoms with Crippen molar-refractivity contribution in [2.75, 3.05) is 13.2 Å². The lowest BCUT2D eigenvalue weighted by molar-refractivity contribution is -0.133. The molecule has 0 aromatic rings. The summed E-state index contributed by atoms with van der Waals surface area (Å²) in [7, 11) is 0. The monoisotopic (exact) mass is 332 g/mol. The fourth-order valence-electron chi connectivity index (χ4n) is 6.87. The highest BCUT2D eigenvalue weighted by atomic mass is 16.5. The molecular formula is C21H32O3. The van der Waals surface area contributed by atoms with Gasteiger partial charge in [0.2, 0.25) is 0 Å². The molecule has 4 aliphatic rings. The van der Waals surface area contributed by atoms with Gasteiger partial charge in [-0.3, -0.25) is 4.79 Å². The second-order valence-electron chi connectivity index (χ2n) is 8.89. The SMILES string of the molecule is CCOC1CC[C@@]2(CO)C(=CC[C@@H]3[C@H]2CC[C@]2(C)C(=O)CC[C@@H]32)C1. The van der Waals surface area contributed by atoms with Crippen LogP contribution in [0.25, 0.3) is 0 Å². The number of hydrogen-bond acceptors (Lipinski definition) is 3. The average molecular weight is 332 g/mol. The Hall–Kier alpha value is -0.670. The zero-order valence-corrected chi connectivity index (χ0v) is 15.2. The molecule has 0 amide bonds. The van der Waals surface area contributed by atoms with E-state index in [1.54, 1.807) is 0 Å². The molecule has 4 rings (SSSR count). The molecule has 0 radical (unpaired) electrons. The van der Waals surface area contributed by atoms with E-state index in [4.69, 9.17) is 4.74 Å². The molecule has 1 N–H and O–H groups in total. The minimum Gasteiger partial charge on any atom is -0.395 e. The molecular weight excluding hydrogens is 300 g/mol. The van der Waals surface area contributed by atoms with Gasteiger partial charge >= 0.3 is 0 Å². The third-order valence-electron chi connectivity index (χ3n) is 8.18. The molecule has 0 spiro atoms. The van der Waals surface area contributed by atoms with Gasteiger partial charge in [0.25, 0.3) is 0 Å². The molecule has 0 aromatic heterocycles. The molecule has 4 aliphatic carbocycles. The zero-order chi connectivity index (χ0) is 16.9. The van der Waals surface area contributed by atoms with Gasteiger partial charge in [-0.05, 0) is 69.6 Å². The van der Waals surface area contributed by atoms with Gasteiger partial charge in [0.05, 0.1) is 12.7 Å². The maximum Gasteiger partial charge on any atom is 0.139 e. The second-order valence-corrected chi connectivity index (χ2v) is 8.89. The first-order chi connectivity index (χ1) is 11.5. The van der Waals surface area contributed by atoms with E-state index in [1.165, 1.54) is 5.57 Å². The van der Waals surface area contributed by atoms with E-state index < -0.39 is 0 Å². The Bertz CT molecular complexity index is 553. The number of fused-ring (bicyclic) bond motifs is 5. The molecule has 0 bridgehead atoms. The lowest BCUT2D eigenvalue weighted by atomic mass is 9.47. The number of allylic oxidation sites excluding steroid dienone is 1. The summed E-state index contributed by atoms with van der Waals surface area (Å²) in [6.45, 7) is 5.34. The van der Waals surface area contributed by atoms with Crippen LogP contribution in [0.4, 0.5) is 0 Å². The van der Waals surface area contributed by atoms with Crippen LogP contribution in [-0.2, 0) is 9.53 Å². The number of aliphatic hydroxyl groups excluding tert-OH is 1. The number of ketones is 1. The highest BCUT2D eigenvalue weighted by Gasteiger charge is 2.59. The Labute approximate surface area is 145 Å². The zero-order valence-electron chi connectivity index (χ0n) is 15.2. The summed E-state index contributed by atoms with van der Waals surface area (Å²) in [6.07, 6.45) is 11.0. The Balaban J connectivity index is 1.65. The fraction of sp³-hybridized carbons (Fsp3) is 0.857. The number of ether oxygens (including phenoxy) is 1. The van der Waals surface area contributed by atoms with Gasteiger partial charge in [0.15, 0.2) is 0 Å². The number of rotatable bonds is 3. The number of carbonyl (C=O) groups excluding carboxylic acids is 1. The maximum absolute atomic E-state index is 12.5. The number of Topliss-reactive ketones (excluding diaryl/α,β-unsaturated/α-hetero) is 1. The van der Waals surface area contributed by atoms with Crippen LogP contribution in [0.2, 0.25) is 0 Å². The largest absolute Gasteiger partial charge is 0.395 e. The van der Waals surface area contributed by atoms with Crippen molar-refractivity contribution >= 4 is 5.78 Å². The van der Waals surface area contributed by atoms with E-state index in [9.17, 15) is 9.90 Å². The van der Waals surface area contributed by atoms with Crippen molar-refractivity contribution < 1.29 is 14.6 Å². The third-order valence-corrected chi connectivity index (χ3v) is 8.18. The van der Waals surface area contributed by atoms with Crippen molar-refractivity contribution in [1.29, 1.82) is 0 Å². The first kappa shape index (κ1) is 16.8. The van der Waals surface area contributed by atoms with Crippen molar-refractivity contribution in [3.8, 4) is 0 Å². The summed E-state index contributed by atoms with van der Waals surface area (Å²) in [5.41, 5.74) is 1.36. The van der Waals surface area contributed by atoms with Crippen molar-refractivity contribution in [3.63, 3.8) is 0 Å². The molecule has 3 saturated carbocycles. The Morgan fingerprint density at radius 3 is 2.83 bits per heavy atom. The number of aliphatic hydroxyl groups is 1. The minimum absolute atomic E-state index is 0.0243. The van der Waals surface area contributed by atoms with E-state index in [1.807, 2.05) is 0 Å². The second kappa shape index (κ2) is 5.95. The van der Waals surface area contributed by atoms with Gasteiger partial charge in [-0.2, -0.15) is 0 Å². The first-order valence-corrected chi connectivity index (χ1v) is 10.0. The third kappa shape index (κ3) is 2.20. The molecule has 3 nitrogen and oxygen atoms in total. The standard InChI is InChI=1S/C21H32O3/c1-3-24-15-8-11-21(13-22)14(12-15)4-5-16-17-6-7-19(23)20(17,2)10-9-18(16)21/h4,15-18,22H,3,5-13H2,1-2H3/t15?,16-,17-,18+,20-,21+/m0/s1. The normalized spacial score (nSPS) is 47.6. The van der Waals surface area contributed by atoms with E-state index in [2.05, 4.69) is 19.9 Å². The molecule has 134 valence electrons. The van der Waals surface area contributed by atoms with Gasteiger partial charge in [-0.25, -0.2) is 0 Å². The molecule has 0 aliphatic heterocycles. The summed E-state index contributed by atoms with van der Waals surface area (Å²) in [5.74, 6) is 2.19. The van der Waals surface area contributed by atoms with Crippen LogP contribution in [0.5, 0.6) is 0 Å². The van der Waals surface area contributed by atoms with Crippen LogP contribution >= 0.6 is 0 Å². The average Bonchev–Trinajstić information content (AvgIpc) is 2.90. The highest BCUT2D eigenvalue weighted by Crippen LogP contribution is 2.64. The summed E-state index contributed by atoms with van der Waals surface area (Å²) in [5, 5.41) is 10.4. The molecule has 1 unspecified atom stereocenters. The van der Waals surface area contributed by atoms with Crippen molar-refractivity contribution in [2.24, 2.45) is 28.6 Å². The molecule has 6 atom stereocenters. The summed E-state index contributed by atoms with van der Waals surface area (Å²) >= 11 is 0. The molecule has 0 aromatic carbocycles. The van der Waals surface area contributed by atoms with Crippen LogP contribution in [0, 0.1) is 28.6 Å². The van der Waals surface area contributed by atoms with Crippen molar-refractivity contribution in [2.45, 2.75) is 71.3 Å². The van der Waals surface area contributed by atoms with E-state index in [0.29, 0.717) is 29.6 Å². The topological polar surface area (TPSA) is 46.5 Å². The first-order valence-electron chi connectivity index (χ1n) is 10.0. The van der Waals surface area contributed by atoms with Crippen molar-refractivity contribution in [3.05, 3.63) is 11.6 Å². The summed E-state index contributed by atoms with van der Waals surface area (Å²) < 4.78 is 5.89. The Kier molecular flexibility index (Phi) is 4.16. The predicted octanol–water partition coefficient (Wildman–Crippen LogP) is 3.90. The quantitative estimate of drug-likeness (QED) is 0.798. The maximum atomic E-state index is 12.5. The fourth-order valence-corrected chi connectivity index (χ4v) is 6.87. The van der Waals surface area contributed by atoms with E-state index in [-0.39, 0.29) is 17.4 Å². The number of carbonyl (C=O) groups is 1. The Morgan fingerprint density at radius 2 is 2.08 bits per heavy atom. The Morgan fingerprint density at radius 1 is 1.25 bits per heavy atom. The summed E-state index contributed by atoms with van der Waals surface area (Å²) in [4.78, 5) is 12.5. The van der Waals surface area contributed by atoms with Crippen LogP contribution in [0.3, 0.4) is 0 Å². The molecule has 3 fully saturated rings. The van der Waals surface area contributed by atoms with Crippen molar-refractivity contribution in [1.82, 2.24) is 0 Å². The van der Waals surface area contributed by atoms with Crippen LogP contribution < -0.4 is 0 Å². The van der Waals surface area contributed by atoms with E-state index >= 15 is 0 Å². The lowest BCUT2D eigenvalue weighted by Gasteiger charge is -2.57. The number of hydrogen-bond donors (Lipinski definition) is 1. The smallest absolute Gasteiger partial charge is 0.139 e. The van der Waals surface area contributed by atoms with Crippen LogP contribution in [0.15, 0.2) is 11.6 Å². The van der Waals surface area contributed by atoms with E-state index in [0.717, 1.165) is 58.0 Å². The van der Waals surface area contributed by atoms with Crippen LogP contribution in [-0.4, -0.2) is 30.2 Å². The molecule has 24 heavy (non-hydrogen) atoms. The lowest BCUT2D eigenvalue weighted by Crippen LogP contribution is -2.53. The molecule has 0 saturated heterocycles. The molecule has 0 heterocycles. The predicted molar refractivity (Wildman–Crippen MR) is 93.5 cm³/mol. The van der Waals surface area contributed by atoms with Gasteiger partial charge < -0.3 is 9.84 Å². The van der Waals surface area contributed by atoms with Gasteiger partial charge in [0, 0.05) is 23.9 Å². The van der Waals surface area contributed by atoms with Gasteiger partial charge in [0.1, 0.15) is 5.78 Å². The van der Waals surface area contributed by atoms with Crippen LogP contribution in [0.1, 0.15) is 65.2 Å². The summed E-state index contributed by atoms with van der Waals surface area (Å²) in [6, 6.07) is 0. The highest BCUT2D eigenvalue weighted by molar-refractivity contribution is 5.87.